The molecule has 1 aromatic carbocycles. The molecule has 126 valence electrons. The summed E-state index contributed by atoms with van der Waals surface area (Å²) in [4.78, 5) is 3.37. The van der Waals surface area contributed by atoms with E-state index in [-0.39, 0.29) is 5.82 Å². The van der Waals surface area contributed by atoms with Gasteiger partial charge in [0.25, 0.3) is 0 Å². The fraction of sp³-hybridized carbons (Fsp3) is 0.312. The second-order valence-electron chi connectivity index (χ2n) is 5.52. The molecule has 24 heavy (non-hydrogen) atoms. The molecule has 0 spiro atoms. The van der Waals surface area contributed by atoms with E-state index in [0.717, 1.165) is 29.9 Å². The van der Waals surface area contributed by atoms with E-state index in [2.05, 4.69) is 19.8 Å². The fourth-order valence-corrected chi connectivity index (χ4v) is 2.41. The number of nitrogens with zero attached hydrogens (tertiary/aromatic N) is 4. The highest BCUT2D eigenvalue weighted by Crippen LogP contribution is 2.29. The van der Waals surface area contributed by atoms with Crippen molar-refractivity contribution in [3.63, 3.8) is 0 Å². The quantitative estimate of drug-likeness (QED) is 0.727. The molecule has 0 unspecified atom stereocenters. The van der Waals surface area contributed by atoms with Crippen molar-refractivity contribution < 1.29 is 17.7 Å². The third-order valence-electron chi connectivity index (χ3n) is 3.60. The molecule has 0 saturated heterocycles. The Kier molecular flexibility index (Phi) is 4.13. The number of aryl methyl sites for hydroxylation is 4. The lowest BCUT2D eigenvalue weighted by Crippen LogP contribution is -2.05. The Hall–Kier alpha value is -2.64. The van der Waals surface area contributed by atoms with Gasteiger partial charge in [0.05, 0.1) is 5.69 Å². The van der Waals surface area contributed by atoms with Crippen LogP contribution in [0, 0.1) is 13.8 Å². The largest absolute Gasteiger partial charge is 0.471 e. The fourth-order valence-electron chi connectivity index (χ4n) is 2.41. The first-order chi connectivity index (χ1) is 11.3. The van der Waals surface area contributed by atoms with Crippen LogP contribution in [-0.4, -0.2) is 19.9 Å². The zero-order valence-electron chi connectivity index (χ0n) is 13.1. The van der Waals surface area contributed by atoms with Gasteiger partial charge in [0, 0.05) is 17.8 Å². The van der Waals surface area contributed by atoms with Crippen LogP contribution in [0.3, 0.4) is 0 Å². The summed E-state index contributed by atoms with van der Waals surface area (Å²) < 4.78 is 43.6. The molecule has 2 aromatic heterocycles. The van der Waals surface area contributed by atoms with Crippen LogP contribution in [0.1, 0.15) is 22.8 Å². The SMILES string of the molecule is Cc1cc(C)n(CCc2ccc(-c3noc(C(F)(F)F)n3)cc2)n1. The highest BCUT2D eigenvalue weighted by Gasteiger charge is 2.38. The van der Waals surface area contributed by atoms with Crippen molar-refractivity contribution in [1.82, 2.24) is 19.9 Å². The Morgan fingerprint density at radius 1 is 1.12 bits per heavy atom. The molecule has 3 rings (SSSR count). The third kappa shape index (κ3) is 3.47. The van der Waals surface area contributed by atoms with Crippen molar-refractivity contribution in [3.8, 4) is 11.4 Å². The molecule has 2 heterocycles. The lowest BCUT2D eigenvalue weighted by Gasteiger charge is -2.05. The van der Waals surface area contributed by atoms with Gasteiger partial charge in [0.2, 0.25) is 5.82 Å². The summed E-state index contributed by atoms with van der Waals surface area (Å²) in [7, 11) is 0. The van der Waals surface area contributed by atoms with Crippen LogP contribution in [-0.2, 0) is 19.1 Å². The summed E-state index contributed by atoms with van der Waals surface area (Å²) in [5.74, 6) is -1.42. The van der Waals surface area contributed by atoms with Crippen LogP contribution in [0.4, 0.5) is 13.2 Å². The topological polar surface area (TPSA) is 56.7 Å². The van der Waals surface area contributed by atoms with Crippen LogP contribution in [0.15, 0.2) is 34.9 Å². The predicted molar refractivity (Wildman–Crippen MR) is 80.1 cm³/mol. The zero-order valence-corrected chi connectivity index (χ0v) is 13.1. The zero-order chi connectivity index (χ0) is 17.3. The van der Waals surface area contributed by atoms with Crippen molar-refractivity contribution in [1.29, 1.82) is 0 Å². The summed E-state index contributed by atoms with van der Waals surface area (Å²) in [5.41, 5.74) is 3.59. The van der Waals surface area contributed by atoms with E-state index in [1.807, 2.05) is 36.7 Å². The molecule has 8 heteroatoms. The number of rotatable bonds is 4. The second-order valence-corrected chi connectivity index (χ2v) is 5.52. The molecule has 0 aliphatic rings. The summed E-state index contributed by atoms with van der Waals surface area (Å²) in [6.45, 7) is 4.68. The van der Waals surface area contributed by atoms with Gasteiger partial charge in [-0.3, -0.25) is 4.68 Å². The van der Waals surface area contributed by atoms with Gasteiger partial charge in [-0.1, -0.05) is 29.4 Å². The van der Waals surface area contributed by atoms with Gasteiger partial charge in [0.1, 0.15) is 0 Å². The number of alkyl halides is 3. The van der Waals surface area contributed by atoms with E-state index in [4.69, 9.17) is 0 Å². The lowest BCUT2D eigenvalue weighted by molar-refractivity contribution is -0.159. The van der Waals surface area contributed by atoms with Crippen molar-refractivity contribution in [2.45, 2.75) is 33.0 Å². The molecular formula is C16H15F3N4O. The maximum atomic E-state index is 12.5. The van der Waals surface area contributed by atoms with E-state index in [9.17, 15) is 13.2 Å². The van der Waals surface area contributed by atoms with Crippen molar-refractivity contribution in [2.24, 2.45) is 0 Å². The Balaban J connectivity index is 1.69. The molecular weight excluding hydrogens is 321 g/mol. The van der Waals surface area contributed by atoms with E-state index in [0.29, 0.717) is 5.56 Å². The molecule has 3 aromatic rings. The molecule has 0 radical (unpaired) electrons. The third-order valence-corrected chi connectivity index (χ3v) is 3.60. The van der Waals surface area contributed by atoms with Gasteiger partial charge >= 0.3 is 12.1 Å². The lowest BCUT2D eigenvalue weighted by atomic mass is 10.1. The smallest absolute Gasteiger partial charge is 0.329 e. The molecule has 0 aliphatic heterocycles. The van der Waals surface area contributed by atoms with Crippen molar-refractivity contribution in [3.05, 3.63) is 53.2 Å². The van der Waals surface area contributed by atoms with Crippen LogP contribution < -0.4 is 0 Å². The molecule has 0 saturated carbocycles. The van der Waals surface area contributed by atoms with Gasteiger partial charge in [-0.25, -0.2) is 0 Å². The van der Waals surface area contributed by atoms with Crippen molar-refractivity contribution >= 4 is 0 Å². The number of aromatic nitrogens is 4. The van der Waals surface area contributed by atoms with E-state index in [1.165, 1.54) is 0 Å². The number of hydrogen-bond acceptors (Lipinski definition) is 4. The molecule has 0 bridgehead atoms. The van der Waals surface area contributed by atoms with Crippen LogP contribution >= 0.6 is 0 Å². The standard InChI is InChI=1S/C16H15F3N4O/c1-10-9-11(2)23(21-10)8-7-12-3-5-13(6-4-12)14-20-15(24-22-14)16(17,18)19/h3-6,9H,7-8H2,1-2H3. The van der Waals surface area contributed by atoms with E-state index < -0.39 is 12.1 Å². The Morgan fingerprint density at radius 2 is 1.83 bits per heavy atom. The highest BCUT2D eigenvalue weighted by atomic mass is 19.4. The first-order valence-electron chi connectivity index (χ1n) is 7.34. The van der Waals surface area contributed by atoms with Crippen molar-refractivity contribution in [2.75, 3.05) is 0 Å². The average Bonchev–Trinajstić information content (AvgIpc) is 3.12. The summed E-state index contributed by atoms with van der Waals surface area (Å²) in [5, 5.41) is 7.76. The minimum Gasteiger partial charge on any atom is -0.329 e. The first-order valence-corrected chi connectivity index (χ1v) is 7.34. The van der Waals surface area contributed by atoms with Crippen LogP contribution in [0.5, 0.6) is 0 Å². The molecule has 0 N–H and O–H groups in total. The molecule has 0 fully saturated rings. The maximum absolute atomic E-state index is 12.5. The average molecular weight is 336 g/mol. The summed E-state index contributed by atoms with van der Waals surface area (Å²) in [6, 6.07) is 9.05. The molecule has 0 atom stereocenters. The Morgan fingerprint density at radius 3 is 2.38 bits per heavy atom. The normalized spacial score (nSPS) is 11.9. The van der Waals surface area contributed by atoms with Crippen LogP contribution in [0.25, 0.3) is 11.4 Å². The van der Waals surface area contributed by atoms with Gasteiger partial charge in [-0.15, -0.1) is 0 Å². The number of hydrogen-bond donors (Lipinski definition) is 0. The van der Waals surface area contributed by atoms with Gasteiger partial charge in [0.15, 0.2) is 0 Å². The predicted octanol–water partition coefficient (Wildman–Crippen LogP) is 3.81. The van der Waals surface area contributed by atoms with Gasteiger partial charge < -0.3 is 4.52 Å². The second kappa shape index (κ2) is 6.10. The highest BCUT2D eigenvalue weighted by molar-refractivity contribution is 5.54. The minimum absolute atomic E-state index is 0.0765. The van der Waals surface area contributed by atoms with Gasteiger partial charge in [-0.2, -0.15) is 23.3 Å². The Labute approximate surface area is 136 Å². The number of halogens is 3. The monoisotopic (exact) mass is 336 g/mol. The van der Waals surface area contributed by atoms with E-state index in [1.54, 1.807) is 12.1 Å². The Bertz CT molecular complexity index is 834. The van der Waals surface area contributed by atoms with E-state index >= 15 is 0 Å². The summed E-state index contributed by atoms with van der Waals surface area (Å²) in [6.07, 6.45) is -3.87. The maximum Gasteiger partial charge on any atom is 0.471 e. The minimum atomic E-state index is -4.63. The summed E-state index contributed by atoms with van der Waals surface area (Å²) >= 11 is 0. The first kappa shape index (κ1) is 16.2. The number of benzene rings is 1. The van der Waals surface area contributed by atoms with Crippen LogP contribution in [0.2, 0.25) is 0 Å². The molecule has 0 amide bonds. The molecule has 0 aliphatic carbocycles. The molecule has 5 nitrogen and oxygen atoms in total. The van der Waals surface area contributed by atoms with Gasteiger partial charge in [-0.05, 0) is 31.9 Å².